The molecule has 0 aliphatic carbocycles. The third kappa shape index (κ3) is 3.17. The fourth-order valence-corrected chi connectivity index (χ4v) is 2.84. The topological polar surface area (TPSA) is 77.0 Å². The first-order chi connectivity index (χ1) is 12.8. The third-order valence-electron chi connectivity index (χ3n) is 4.15. The Hall–Kier alpha value is -3.20. The van der Waals surface area contributed by atoms with E-state index in [0.29, 0.717) is 27.8 Å². The highest BCUT2D eigenvalue weighted by Gasteiger charge is 2.39. The number of fused-ring (bicyclic) bond motifs is 1. The van der Waals surface area contributed by atoms with Crippen molar-refractivity contribution in [1.82, 2.24) is 20.1 Å². The molecule has 2 aromatic heterocycles. The van der Waals surface area contributed by atoms with Crippen molar-refractivity contribution in [2.45, 2.75) is 19.2 Å². The van der Waals surface area contributed by atoms with E-state index in [-0.39, 0.29) is 5.56 Å². The van der Waals surface area contributed by atoms with Gasteiger partial charge in [-0.2, -0.15) is 18.3 Å². The second-order valence-corrected chi connectivity index (χ2v) is 6.16. The number of hydrogen-bond acceptors (Lipinski definition) is 5. The van der Waals surface area contributed by atoms with E-state index < -0.39 is 12.3 Å². The minimum Gasteiger partial charge on any atom is -0.379 e. The highest BCUT2D eigenvalue weighted by Crippen LogP contribution is 2.35. The summed E-state index contributed by atoms with van der Waals surface area (Å²) >= 11 is 0. The molecule has 0 fully saturated rings. The smallest absolute Gasteiger partial charge is 0.379 e. The van der Waals surface area contributed by atoms with Gasteiger partial charge in [-0.05, 0) is 57.7 Å². The molecule has 27 heavy (non-hydrogen) atoms. The quantitative estimate of drug-likeness (QED) is 0.587. The summed E-state index contributed by atoms with van der Waals surface area (Å²) in [5, 5.41) is 21.5. The molecule has 0 aliphatic heterocycles. The first kappa shape index (κ1) is 17.2. The number of benzene rings is 2. The van der Waals surface area contributed by atoms with Gasteiger partial charge in [-0.3, -0.25) is 0 Å². The Kier molecular flexibility index (Phi) is 3.96. The Balaban J connectivity index is 1.85. The lowest BCUT2D eigenvalue weighted by atomic mass is 9.99. The molecule has 4 aromatic rings. The summed E-state index contributed by atoms with van der Waals surface area (Å²) < 4.78 is 44.9. The van der Waals surface area contributed by atoms with Gasteiger partial charge in [-0.15, -0.1) is 0 Å². The van der Waals surface area contributed by atoms with Crippen molar-refractivity contribution in [3.8, 4) is 16.8 Å². The summed E-state index contributed by atoms with van der Waals surface area (Å²) in [6, 6.07) is 9.03. The Morgan fingerprint density at radius 3 is 2.63 bits per heavy atom. The van der Waals surface area contributed by atoms with Gasteiger partial charge in [0.15, 0.2) is 11.6 Å². The van der Waals surface area contributed by atoms with E-state index in [1.54, 1.807) is 35.3 Å². The second kappa shape index (κ2) is 6.20. The van der Waals surface area contributed by atoms with Crippen molar-refractivity contribution in [2.24, 2.45) is 0 Å². The number of nitrogens with zero attached hydrogens (tertiary/aromatic N) is 4. The molecular formula is C18H13F3N4O2. The van der Waals surface area contributed by atoms with Gasteiger partial charge in [-0.25, -0.2) is 9.31 Å². The zero-order chi connectivity index (χ0) is 19.2. The summed E-state index contributed by atoms with van der Waals surface area (Å²) in [5.74, 6) is 0. The first-order valence-electron chi connectivity index (χ1n) is 7.96. The van der Waals surface area contributed by atoms with Crippen LogP contribution in [0.25, 0.3) is 27.8 Å². The van der Waals surface area contributed by atoms with Crippen LogP contribution in [0.4, 0.5) is 13.2 Å². The number of alkyl halides is 3. The zero-order valence-corrected chi connectivity index (χ0v) is 14.0. The molecule has 0 saturated carbocycles. The van der Waals surface area contributed by atoms with Crippen molar-refractivity contribution in [3.63, 3.8) is 0 Å². The lowest BCUT2D eigenvalue weighted by molar-refractivity contribution is -0.206. The monoisotopic (exact) mass is 374 g/mol. The molecule has 0 amide bonds. The van der Waals surface area contributed by atoms with Crippen LogP contribution < -0.4 is 0 Å². The maximum Gasteiger partial charge on any atom is 0.418 e. The average molecular weight is 374 g/mol. The van der Waals surface area contributed by atoms with Gasteiger partial charge in [-0.1, -0.05) is 18.2 Å². The van der Waals surface area contributed by atoms with E-state index >= 15 is 0 Å². The van der Waals surface area contributed by atoms with Gasteiger partial charge in [0.05, 0.1) is 11.9 Å². The Morgan fingerprint density at radius 1 is 1.11 bits per heavy atom. The van der Waals surface area contributed by atoms with E-state index in [1.165, 1.54) is 18.2 Å². The van der Waals surface area contributed by atoms with Gasteiger partial charge in [0, 0.05) is 6.20 Å². The molecule has 6 nitrogen and oxygen atoms in total. The highest BCUT2D eigenvalue weighted by atomic mass is 19.4. The van der Waals surface area contributed by atoms with Crippen molar-refractivity contribution >= 4 is 11.0 Å². The van der Waals surface area contributed by atoms with E-state index in [9.17, 15) is 18.3 Å². The minimum atomic E-state index is -4.74. The van der Waals surface area contributed by atoms with Crippen molar-refractivity contribution in [1.29, 1.82) is 0 Å². The van der Waals surface area contributed by atoms with Crippen LogP contribution in [-0.4, -0.2) is 31.4 Å². The van der Waals surface area contributed by atoms with Gasteiger partial charge in [0.2, 0.25) is 0 Å². The van der Waals surface area contributed by atoms with E-state index in [0.717, 1.165) is 5.56 Å². The summed E-state index contributed by atoms with van der Waals surface area (Å²) in [7, 11) is 0. The van der Waals surface area contributed by atoms with Gasteiger partial charge < -0.3 is 5.11 Å². The molecule has 2 heterocycles. The largest absolute Gasteiger partial charge is 0.418 e. The van der Waals surface area contributed by atoms with Crippen molar-refractivity contribution < 1.29 is 22.9 Å². The molecule has 0 saturated heterocycles. The van der Waals surface area contributed by atoms with E-state index in [4.69, 9.17) is 4.63 Å². The molecule has 0 bridgehead atoms. The Morgan fingerprint density at radius 2 is 1.93 bits per heavy atom. The molecule has 4 rings (SSSR count). The highest BCUT2D eigenvalue weighted by molar-refractivity contribution is 5.88. The Bertz CT molecular complexity index is 1120. The molecule has 1 N–H and O–H groups in total. The maximum absolute atomic E-state index is 12.8. The fraction of sp³-hybridized carbons (Fsp3) is 0.167. The number of hydrogen-bond donors (Lipinski definition) is 1. The fourth-order valence-electron chi connectivity index (χ4n) is 2.84. The number of aryl methyl sites for hydroxylation is 1. The summed E-state index contributed by atoms with van der Waals surface area (Å²) in [4.78, 5) is 0. The van der Waals surface area contributed by atoms with Crippen LogP contribution in [0.15, 0.2) is 53.4 Å². The summed E-state index contributed by atoms with van der Waals surface area (Å²) in [5.41, 5.74) is 3.28. The zero-order valence-electron chi connectivity index (χ0n) is 14.0. The number of rotatable bonds is 3. The number of halogens is 3. The van der Waals surface area contributed by atoms with Crippen LogP contribution in [0.2, 0.25) is 0 Å². The van der Waals surface area contributed by atoms with Gasteiger partial charge in [0.1, 0.15) is 5.52 Å². The average Bonchev–Trinajstić information content (AvgIpc) is 3.28. The standard InChI is InChI=1S/C18H13F3N4O2/c1-10-8-22-25(9-10)15-7-13(6-14-16(15)24-27-23-14)11-3-2-4-12(5-11)17(26)18(19,20)21/h2-9,17,26H,1H3. The molecule has 9 heteroatoms. The van der Waals surface area contributed by atoms with Crippen LogP contribution in [0, 0.1) is 6.92 Å². The van der Waals surface area contributed by atoms with Crippen LogP contribution in [-0.2, 0) is 0 Å². The van der Waals surface area contributed by atoms with Crippen LogP contribution in [0.5, 0.6) is 0 Å². The normalized spacial score (nSPS) is 13.2. The van der Waals surface area contributed by atoms with Crippen molar-refractivity contribution in [3.05, 3.63) is 59.9 Å². The molecule has 0 spiro atoms. The molecule has 1 unspecified atom stereocenters. The molecule has 1 atom stereocenters. The lowest BCUT2D eigenvalue weighted by Crippen LogP contribution is -2.20. The summed E-state index contributed by atoms with van der Waals surface area (Å²) in [6.07, 6.45) is -3.83. The molecular weight excluding hydrogens is 361 g/mol. The van der Waals surface area contributed by atoms with Gasteiger partial charge in [0.25, 0.3) is 0 Å². The predicted octanol–water partition coefficient (Wildman–Crippen LogP) is 3.98. The lowest BCUT2D eigenvalue weighted by Gasteiger charge is -2.16. The maximum atomic E-state index is 12.8. The number of aliphatic hydroxyl groups excluding tert-OH is 1. The molecule has 0 aliphatic rings. The number of aromatic nitrogens is 4. The second-order valence-electron chi connectivity index (χ2n) is 6.16. The minimum absolute atomic E-state index is 0.241. The Labute approximate surface area is 150 Å². The number of aliphatic hydroxyl groups is 1. The van der Waals surface area contributed by atoms with E-state index in [1.807, 2.05) is 6.92 Å². The van der Waals surface area contributed by atoms with Crippen LogP contribution in [0.3, 0.4) is 0 Å². The SMILES string of the molecule is Cc1cnn(-c2cc(-c3cccc(C(O)C(F)(F)F)c3)cc3nonc23)c1. The van der Waals surface area contributed by atoms with Crippen molar-refractivity contribution in [2.75, 3.05) is 0 Å². The third-order valence-corrected chi connectivity index (χ3v) is 4.15. The van der Waals surface area contributed by atoms with Gasteiger partial charge >= 0.3 is 6.18 Å². The predicted molar refractivity (Wildman–Crippen MR) is 90.1 cm³/mol. The van der Waals surface area contributed by atoms with E-state index in [2.05, 4.69) is 15.4 Å². The van der Waals surface area contributed by atoms with Crippen LogP contribution in [0.1, 0.15) is 17.2 Å². The first-order valence-corrected chi connectivity index (χ1v) is 7.96. The summed E-state index contributed by atoms with van der Waals surface area (Å²) in [6.45, 7) is 1.88. The molecule has 2 aromatic carbocycles. The van der Waals surface area contributed by atoms with Crippen LogP contribution >= 0.6 is 0 Å². The molecule has 138 valence electrons. The molecule has 0 radical (unpaired) electrons.